The molecule has 1 aliphatic carbocycles. The predicted molar refractivity (Wildman–Crippen MR) is 179 cm³/mol. The Balaban J connectivity index is 1.20. The van der Waals surface area contributed by atoms with Crippen LogP contribution in [0.3, 0.4) is 0 Å². The number of benzene rings is 3. The number of esters is 1. The van der Waals surface area contributed by atoms with E-state index >= 15 is 0 Å². The Hall–Kier alpha value is -4.46. The quantitative estimate of drug-likeness (QED) is 0.113. The molecule has 0 radical (unpaired) electrons. The summed E-state index contributed by atoms with van der Waals surface area (Å²) < 4.78 is 69.1. The highest BCUT2D eigenvalue weighted by molar-refractivity contribution is 7.92. The van der Waals surface area contributed by atoms with E-state index in [1.54, 1.807) is 37.3 Å². The molecule has 1 aromatic heterocycles. The summed E-state index contributed by atoms with van der Waals surface area (Å²) in [4.78, 5) is 24.8. The van der Waals surface area contributed by atoms with E-state index in [1.807, 2.05) is 6.07 Å². The van der Waals surface area contributed by atoms with Crippen molar-refractivity contribution < 1.29 is 45.8 Å². The molecule has 1 heterocycles. The zero-order valence-electron chi connectivity index (χ0n) is 27.1. The smallest absolute Gasteiger partial charge is 0.338 e. The van der Waals surface area contributed by atoms with E-state index < -0.39 is 15.8 Å². The molecular formula is C35H39FN2O9S. The summed E-state index contributed by atoms with van der Waals surface area (Å²) in [6.45, 7) is 3.36. The Morgan fingerprint density at radius 2 is 1.62 bits per heavy atom. The van der Waals surface area contributed by atoms with Crippen LogP contribution in [0.5, 0.6) is 5.75 Å². The van der Waals surface area contributed by atoms with Gasteiger partial charge in [-0.15, -0.1) is 0 Å². The second-order valence-electron chi connectivity index (χ2n) is 11.2. The SMILES string of the molecule is CCOC(=O)c1ccc(OCCOCCOCCN(c2cc3oc(-c4ccc(F)cc4)c(C(=O)NC)c3cc2C2CC2)S(C)(=O)=O)cc1. The van der Waals surface area contributed by atoms with Crippen LogP contribution >= 0.6 is 0 Å². The van der Waals surface area contributed by atoms with Gasteiger partial charge in [-0.25, -0.2) is 17.6 Å². The molecule has 5 rings (SSSR count). The number of hydrogen-bond donors (Lipinski definition) is 1. The Morgan fingerprint density at radius 1 is 0.958 bits per heavy atom. The Morgan fingerprint density at radius 3 is 2.25 bits per heavy atom. The number of amides is 1. The third-order valence-corrected chi connectivity index (χ3v) is 8.94. The van der Waals surface area contributed by atoms with Gasteiger partial charge >= 0.3 is 5.97 Å². The maximum atomic E-state index is 13.7. The summed E-state index contributed by atoms with van der Waals surface area (Å²) in [5, 5.41) is 3.21. The predicted octanol–water partition coefficient (Wildman–Crippen LogP) is 5.53. The van der Waals surface area contributed by atoms with E-state index in [0.29, 0.717) is 58.9 Å². The summed E-state index contributed by atoms with van der Waals surface area (Å²) in [5.74, 6) is -0.162. The van der Waals surface area contributed by atoms with Crippen LogP contribution in [0.15, 0.2) is 65.1 Å². The summed E-state index contributed by atoms with van der Waals surface area (Å²) in [6, 6.07) is 15.8. The normalized spacial score (nSPS) is 13.0. The number of anilines is 1. The molecule has 0 atom stereocenters. The van der Waals surface area contributed by atoms with Gasteiger partial charge in [-0.3, -0.25) is 9.10 Å². The molecule has 3 aromatic carbocycles. The number of carbonyl (C=O) groups is 2. The summed E-state index contributed by atoms with van der Waals surface area (Å²) in [5.41, 5.74) is 2.90. The molecule has 0 unspecified atom stereocenters. The average Bonchev–Trinajstić information content (AvgIpc) is 3.85. The molecule has 0 bridgehead atoms. The van der Waals surface area contributed by atoms with Crippen molar-refractivity contribution >= 4 is 38.6 Å². The lowest BCUT2D eigenvalue weighted by Crippen LogP contribution is -2.34. The van der Waals surface area contributed by atoms with Gasteiger partial charge in [0.2, 0.25) is 10.0 Å². The van der Waals surface area contributed by atoms with Crippen molar-refractivity contribution in [3.63, 3.8) is 0 Å². The van der Waals surface area contributed by atoms with Crippen molar-refractivity contribution in [2.75, 3.05) is 63.8 Å². The van der Waals surface area contributed by atoms with Crippen molar-refractivity contribution in [2.45, 2.75) is 25.7 Å². The molecule has 0 spiro atoms. The van der Waals surface area contributed by atoms with Gasteiger partial charge in [0.15, 0.2) is 0 Å². The first-order chi connectivity index (χ1) is 23.1. The molecular weight excluding hydrogens is 643 g/mol. The van der Waals surface area contributed by atoms with E-state index in [9.17, 15) is 22.4 Å². The Bertz CT molecular complexity index is 1840. The van der Waals surface area contributed by atoms with Gasteiger partial charge in [0.1, 0.15) is 29.5 Å². The number of nitrogens with one attached hydrogen (secondary N) is 1. The lowest BCUT2D eigenvalue weighted by Gasteiger charge is -2.25. The molecule has 1 fully saturated rings. The maximum absolute atomic E-state index is 13.7. The number of furan rings is 1. The fourth-order valence-electron chi connectivity index (χ4n) is 5.30. The largest absolute Gasteiger partial charge is 0.491 e. The number of nitrogens with zero attached hydrogens (tertiary/aromatic N) is 1. The molecule has 256 valence electrons. The van der Waals surface area contributed by atoms with Crippen molar-refractivity contribution in [1.82, 2.24) is 5.32 Å². The monoisotopic (exact) mass is 682 g/mol. The van der Waals surface area contributed by atoms with E-state index in [0.717, 1.165) is 24.7 Å². The third kappa shape index (κ3) is 8.52. The van der Waals surface area contributed by atoms with E-state index in [2.05, 4.69) is 5.32 Å². The van der Waals surface area contributed by atoms with Crippen LogP contribution in [-0.2, 0) is 24.2 Å². The topological polar surface area (TPSA) is 134 Å². The van der Waals surface area contributed by atoms with Gasteiger partial charge < -0.3 is 28.7 Å². The molecule has 48 heavy (non-hydrogen) atoms. The van der Waals surface area contributed by atoms with Crippen LogP contribution in [0.4, 0.5) is 10.1 Å². The van der Waals surface area contributed by atoms with Crippen LogP contribution < -0.4 is 14.4 Å². The third-order valence-electron chi connectivity index (χ3n) is 7.76. The lowest BCUT2D eigenvalue weighted by atomic mass is 10.0. The van der Waals surface area contributed by atoms with E-state index in [4.69, 9.17) is 23.4 Å². The standard InChI is InChI=1S/C35H39FN2O9S/c1-4-45-35(40)25-9-13-27(14-10-25)46-20-19-44-18-17-43-16-15-38(48(3,41)42)30-22-31-29(21-28(30)23-5-6-23)32(34(39)37-2)33(47-31)24-7-11-26(36)12-8-24/h7-14,21-23H,4-6,15-20H2,1-3H3,(H,37,39). The Labute approximate surface area is 279 Å². The number of sulfonamides is 1. The highest BCUT2D eigenvalue weighted by Crippen LogP contribution is 2.48. The average molecular weight is 683 g/mol. The maximum Gasteiger partial charge on any atom is 0.338 e. The minimum atomic E-state index is -3.72. The van der Waals surface area contributed by atoms with Crippen molar-refractivity contribution in [2.24, 2.45) is 0 Å². The molecule has 1 saturated carbocycles. The minimum Gasteiger partial charge on any atom is -0.491 e. The van der Waals surface area contributed by atoms with Gasteiger partial charge in [-0.2, -0.15) is 0 Å². The molecule has 1 N–H and O–H groups in total. The van der Waals surface area contributed by atoms with Crippen LogP contribution in [0.2, 0.25) is 0 Å². The number of carbonyl (C=O) groups excluding carboxylic acids is 2. The van der Waals surface area contributed by atoms with Crippen molar-refractivity contribution in [3.05, 3.63) is 83.2 Å². The minimum absolute atomic E-state index is 0.0583. The molecule has 1 aliphatic rings. The zero-order chi connectivity index (χ0) is 34.3. The zero-order valence-corrected chi connectivity index (χ0v) is 27.9. The highest BCUT2D eigenvalue weighted by atomic mass is 32.2. The van der Waals surface area contributed by atoms with Crippen LogP contribution in [0.1, 0.15) is 52.0 Å². The van der Waals surface area contributed by atoms with Gasteiger partial charge in [0.25, 0.3) is 5.91 Å². The number of ether oxygens (including phenoxy) is 4. The summed E-state index contributed by atoms with van der Waals surface area (Å²) in [6.07, 6.45) is 2.93. The summed E-state index contributed by atoms with van der Waals surface area (Å²) in [7, 11) is -2.20. The first-order valence-corrected chi connectivity index (χ1v) is 17.6. The number of halogens is 1. The fraction of sp³-hybridized carbons (Fsp3) is 0.371. The van der Waals surface area contributed by atoms with Crippen LogP contribution in [0.25, 0.3) is 22.3 Å². The Kier molecular flexibility index (Phi) is 11.3. The molecule has 1 amide bonds. The van der Waals surface area contributed by atoms with Crippen molar-refractivity contribution in [1.29, 1.82) is 0 Å². The molecule has 4 aromatic rings. The number of rotatable bonds is 17. The first-order valence-electron chi connectivity index (χ1n) is 15.7. The van der Waals surface area contributed by atoms with Gasteiger partial charge in [-0.05, 0) is 85.8 Å². The number of fused-ring (bicyclic) bond motifs is 1. The van der Waals surface area contributed by atoms with Gasteiger partial charge in [0, 0.05) is 24.1 Å². The second-order valence-corrected chi connectivity index (χ2v) is 13.1. The van der Waals surface area contributed by atoms with Crippen molar-refractivity contribution in [3.8, 4) is 17.1 Å². The first kappa shape index (κ1) is 34.9. The van der Waals surface area contributed by atoms with E-state index in [-0.39, 0.29) is 49.9 Å². The van der Waals surface area contributed by atoms with Crippen LogP contribution in [-0.4, -0.2) is 79.8 Å². The number of hydrogen-bond acceptors (Lipinski definition) is 9. The fourth-order valence-corrected chi connectivity index (χ4v) is 6.22. The molecule has 13 heteroatoms. The highest BCUT2D eigenvalue weighted by Gasteiger charge is 2.33. The molecule has 0 saturated heterocycles. The lowest BCUT2D eigenvalue weighted by molar-refractivity contribution is 0.0389. The van der Waals surface area contributed by atoms with Crippen LogP contribution in [0, 0.1) is 5.82 Å². The molecule has 0 aliphatic heterocycles. The summed E-state index contributed by atoms with van der Waals surface area (Å²) >= 11 is 0. The second kappa shape index (κ2) is 15.6. The molecule has 11 nitrogen and oxygen atoms in total. The van der Waals surface area contributed by atoms with Gasteiger partial charge in [-0.1, -0.05) is 0 Å². The van der Waals surface area contributed by atoms with E-state index in [1.165, 1.54) is 35.6 Å². The van der Waals surface area contributed by atoms with Gasteiger partial charge in [0.05, 0.1) is 62.6 Å².